The summed E-state index contributed by atoms with van der Waals surface area (Å²) in [7, 11) is 0. The summed E-state index contributed by atoms with van der Waals surface area (Å²) in [4.78, 5) is 24.1. The number of carbonyl (C=O) groups excluding carboxylic acids is 2. The summed E-state index contributed by atoms with van der Waals surface area (Å²) in [5.41, 5.74) is 0. The van der Waals surface area contributed by atoms with Gasteiger partial charge in [-0.1, -0.05) is 169 Å². The van der Waals surface area contributed by atoms with Crippen LogP contribution in [0.4, 0.5) is 0 Å². The van der Waals surface area contributed by atoms with Gasteiger partial charge in [0, 0.05) is 6.42 Å². The zero-order valence-corrected chi connectivity index (χ0v) is 28.3. The maximum Gasteiger partial charge on any atom is 0.308 e. The highest BCUT2D eigenvalue weighted by atomic mass is 16.5. The normalized spacial score (nSPS) is 12.8. The summed E-state index contributed by atoms with van der Waals surface area (Å²) in [6, 6.07) is 0. The van der Waals surface area contributed by atoms with Gasteiger partial charge in [0.2, 0.25) is 0 Å². The van der Waals surface area contributed by atoms with Gasteiger partial charge in [0.15, 0.2) is 0 Å². The van der Waals surface area contributed by atoms with Crippen LogP contribution >= 0.6 is 0 Å². The maximum absolute atomic E-state index is 12.3. The van der Waals surface area contributed by atoms with E-state index in [0.29, 0.717) is 25.6 Å². The second-order valence-electron chi connectivity index (χ2n) is 12.8. The van der Waals surface area contributed by atoms with Crippen molar-refractivity contribution in [3.63, 3.8) is 0 Å². The Bertz CT molecular complexity index is 561. The molecule has 4 nitrogen and oxygen atoms in total. The van der Waals surface area contributed by atoms with Crippen LogP contribution in [-0.4, -0.2) is 25.2 Å². The smallest absolute Gasteiger partial charge is 0.308 e. The van der Waals surface area contributed by atoms with Crippen LogP contribution in [0.15, 0.2) is 0 Å². The summed E-state index contributed by atoms with van der Waals surface area (Å²) in [6.07, 6.45) is 33.1. The average Bonchev–Trinajstić information content (AvgIpc) is 2.97. The third-order valence-electron chi connectivity index (χ3n) is 8.77. The van der Waals surface area contributed by atoms with Gasteiger partial charge in [0.1, 0.15) is 0 Å². The lowest BCUT2D eigenvalue weighted by Crippen LogP contribution is -2.22. The number of rotatable bonds is 32. The molecule has 0 amide bonds. The van der Waals surface area contributed by atoms with Crippen molar-refractivity contribution in [3.8, 4) is 0 Å². The standard InChI is InChI=1S/C37H72O4/c1-5-7-9-11-24-28-32-40-36(38)31-27-23-21-19-17-15-13-14-16-18-20-22-26-30-34(3)35(4)37(39)41-33-29-25-12-10-8-6-2/h34-35H,5-33H2,1-4H3. The minimum atomic E-state index is 0.00131. The van der Waals surface area contributed by atoms with Crippen molar-refractivity contribution >= 4 is 11.9 Å². The quantitative estimate of drug-likeness (QED) is 0.0586. The van der Waals surface area contributed by atoms with Crippen LogP contribution in [0.1, 0.15) is 201 Å². The van der Waals surface area contributed by atoms with Crippen LogP contribution in [0.3, 0.4) is 0 Å². The summed E-state index contributed by atoms with van der Waals surface area (Å²) in [5.74, 6) is 0.438. The zero-order chi connectivity index (χ0) is 30.2. The van der Waals surface area contributed by atoms with Gasteiger partial charge in [-0.25, -0.2) is 0 Å². The van der Waals surface area contributed by atoms with E-state index in [9.17, 15) is 9.59 Å². The van der Waals surface area contributed by atoms with Gasteiger partial charge in [0.05, 0.1) is 19.1 Å². The van der Waals surface area contributed by atoms with E-state index >= 15 is 0 Å². The molecule has 0 spiro atoms. The molecule has 0 saturated heterocycles. The molecule has 0 aromatic carbocycles. The Morgan fingerprint density at radius 2 is 0.829 bits per heavy atom. The van der Waals surface area contributed by atoms with Gasteiger partial charge >= 0.3 is 11.9 Å². The molecule has 0 aromatic rings. The fourth-order valence-electron chi connectivity index (χ4n) is 5.49. The molecular formula is C37H72O4. The first-order chi connectivity index (χ1) is 20.0. The lowest BCUT2D eigenvalue weighted by molar-refractivity contribution is -0.150. The minimum Gasteiger partial charge on any atom is -0.466 e. The summed E-state index contributed by atoms with van der Waals surface area (Å²) >= 11 is 0. The summed E-state index contributed by atoms with van der Waals surface area (Å²) in [6.45, 7) is 9.93. The van der Waals surface area contributed by atoms with Crippen molar-refractivity contribution < 1.29 is 19.1 Å². The predicted molar refractivity (Wildman–Crippen MR) is 176 cm³/mol. The minimum absolute atomic E-state index is 0.00131. The Kier molecular flexibility index (Phi) is 31.0. The van der Waals surface area contributed by atoms with Crippen LogP contribution in [0.2, 0.25) is 0 Å². The van der Waals surface area contributed by atoms with Gasteiger partial charge in [-0.05, 0) is 31.6 Å². The number of unbranched alkanes of at least 4 members (excludes halogenated alkanes) is 22. The molecule has 0 N–H and O–H groups in total. The summed E-state index contributed by atoms with van der Waals surface area (Å²) in [5, 5.41) is 0. The van der Waals surface area contributed by atoms with Crippen molar-refractivity contribution in [2.45, 2.75) is 201 Å². The van der Waals surface area contributed by atoms with E-state index in [4.69, 9.17) is 9.47 Å². The van der Waals surface area contributed by atoms with Gasteiger partial charge in [0.25, 0.3) is 0 Å². The zero-order valence-electron chi connectivity index (χ0n) is 28.3. The van der Waals surface area contributed by atoms with Crippen LogP contribution in [0.5, 0.6) is 0 Å². The number of hydrogen-bond acceptors (Lipinski definition) is 4. The highest BCUT2D eigenvalue weighted by Crippen LogP contribution is 2.21. The first-order valence-corrected chi connectivity index (χ1v) is 18.3. The third kappa shape index (κ3) is 28.8. The lowest BCUT2D eigenvalue weighted by atomic mass is 9.90. The molecule has 0 aliphatic heterocycles. The van der Waals surface area contributed by atoms with Crippen LogP contribution < -0.4 is 0 Å². The van der Waals surface area contributed by atoms with Crippen molar-refractivity contribution in [2.75, 3.05) is 13.2 Å². The van der Waals surface area contributed by atoms with Crippen LogP contribution in [0, 0.1) is 11.8 Å². The summed E-state index contributed by atoms with van der Waals surface area (Å²) < 4.78 is 10.9. The van der Waals surface area contributed by atoms with E-state index < -0.39 is 0 Å². The third-order valence-corrected chi connectivity index (χ3v) is 8.77. The first kappa shape index (κ1) is 39.9. The molecule has 0 aliphatic carbocycles. The predicted octanol–water partition coefficient (Wildman–Crippen LogP) is 11.9. The second kappa shape index (κ2) is 31.9. The second-order valence-corrected chi connectivity index (χ2v) is 12.8. The Morgan fingerprint density at radius 3 is 1.29 bits per heavy atom. The number of carbonyl (C=O) groups is 2. The van der Waals surface area contributed by atoms with E-state index in [1.807, 2.05) is 6.92 Å². The van der Waals surface area contributed by atoms with Crippen molar-refractivity contribution in [2.24, 2.45) is 11.8 Å². The van der Waals surface area contributed by atoms with Crippen molar-refractivity contribution in [3.05, 3.63) is 0 Å². The largest absolute Gasteiger partial charge is 0.466 e. The molecule has 2 atom stereocenters. The highest BCUT2D eigenvalue weighted by molar-refractivity contribution is 5.72. The van der Waals surface area contributed by atoms with Gasteiger partial charge < -0.3 is 9.47 Å². The molecule has 0 fully saturated rings. The lowest BCUT2D eigenvalue weighted by Gasteiger charge is -2.18. The molecule has 0 aromatic heterocycles. The molecule has 0 heterocycles. The van der Waals surface area contributed by atoms with E-state index in [0.717, 1.165) is 32.1 Å². The molecule has 4 heteroatoms. The SMILES string of the molecule is CCCCCCCCOC(=O)CCCCCCCCCCCCCCCC(C)C(C)C(=O)OCCCCCCCC. The van der Waals surface area contributed by atoms with Crippen molar-refractivity contribution in [1.82, 2.24) is 0 Å². The topological polar surface area (TPSA) is 52.6 Å². The number of ether oxygens (including phenoxy) is 2. The number of hydrogen-bond donors (Lipinski definition) is 0. The van der Waals surface area contributed by atoms with E-state index in [-0.39, 0.29) is 17.9 Å². The molecule has 244 valence electrons. The van der Waals surface area contributed by atoms with E-state index in [2.05, 4.69) is 20.8 Å². The molecule has 0 radical (unpaired) electrons. The molecule has 0 rings (SSSR count). The Balaban J connectivity index is 3.38. The Hall–Kier alpha value is -1.06. The van der Waals surface area contributed by atoms with Gasteiger partial charge in [-0.15, -0.1) is 0 Å². The molecule has 41 heavy (non-hydrogen) atoms. The Morgan fingerprint density at radius 1 is 0.463 bits per heavy atom. The molecule has 0 aliphatic rings. The van der Waals surface area contributed by atoms with Crippen molar-refractivity contribution in [1.29, 1.82) is 0 Å². The fourth-order valence-corrected chi connectivity index (χ4v) is 5.49. The van der Waals surface area contributed by atoms with E-state index in [1.165, 1.54) is 135 Å². The maximum atomic E-state index is 12.3. The highest BCUT2D eigenvalue weighted by Gasteiger charge is 2.21. The Labute approximate surface area is 256 Å². The van der Waals surface area contributed by atoms with Gasteiger partial charge in [-0.2, -0.15) is 0 Å². The molecular weight excluding hydrogens is 508 g/mol. The average molecular weight is 581 g/mol. The first-order valence-electron chi connectivity index (χ1n) is 18.3. The number of esters is 2. The molecule has 0 bridgehead atoms. The fraction of sp³-hybridized carbons (Fsp3) is 0.946. The molecule has 2 unspecified atom stereocenters. The van der Waals surface area contributed by atoms with Crippen LogP contribution in [0.25, 0.3) is 0 Å². The van der Waals surface area contributed by atoms with Gasteiger partial charge in [-0.3, -0.25) is 9.59 Å². The van der Waals surface area contributed by atoms with Crippen LogP contribution in [-0.2, 0) is 19.1 Å². The van der Waals surface area contributed by atoms with E-state index in [1.54, 1.807) is 0 Å². The monoisotopic (exact) mass is 581 g/mol. The molecule has 0 saturated carbocycles.